The van der Waals surface area contributed by atoms with Gasteiger partial charge in [0.25, 0.3) is 5.91 Å². The van der Waals surface area contributed by atoms with Crippen LogP contribution in [0.25, 0.3) is 10.9 Å². The van der Waals surface area contributed by atoms with Crippen LogP contribution < -0.4 is 5.32 Å². The summed E-state index contributed by atoms with van der Waals surface area (Å²) in [6.45, 7) is 7.31. The van der Waals surface area contributed by atoms with E-state index in [-0.39, 0.29) is 24.0 Å². The standard InChI is InChI=1S/C26H40N6O3S/c1-18(2)32-24-8-6-5-7-23(24)25(28-32)26(33)27-19-15-20-9-10-21(16-19)31(20)14-13-29(3)22-11-12-30(17-22)36(4,34)35/h5-8,18-22H,9-17H2,1-4H3,(H,27,33)/t19?,20-,21+,22-/m0/s1. The number of nitrogens with zero attached hydrogens (tertiary/aromatic N) is 5. The third-order valence-electron chi connectivity index (χ3n) is 8.47. The lowest BCUT2D eigenvalue weighted by Crippen LogP contribution is -2.52. The predicted molar refractivity (Wildman–Crippen MR) is 142 cm³/mol. The highest BCUT2D eigenvalue weighted by molar-refractivity contribution is 7.88. The number of para-hydroxylation sites is 1. The fraction of sp³-hybridized carbons (Fsp3) is 0.692. The number of nitrogens with one attached hydrogen (secondary N) is 1. The highest BCUT2D eigenvalue weighted by atomic mass is 32.2. The first-order chi connectivity index (χ1) is 17.1. The number of sulfonamides is 1. The maximum atomic E-state index is 13.3. The molecule has 1 unspecified atom stereocenters. The minimum atomic E-state index is -3.11. The highest BCUT2D eigenvalue weighted by Gasteiger charge is 2.41. The Hall–Kier alpha value is -2.01. The predicted octanol–water partition coefficient (Wildman–Crippen LogP) is 2.31. The molecule has 0 saturated carbocycles. The van der Waals surface area contributed by atoms with Crippen molar-refractivity contribution in [3.8, 4) is 0 Å². The van der Waals surface area contributed by atoms with E-state index in [1.165, 1.54) is 19.1 Å². The van der Waals surface area contributed by atoms with Crippen molar-refractivity contribution in [3.63, 3.8) is 0 Å². The number of rotatable bonds is 8. The molecule has 1 aromatic carbocycles. The van der Waals surface area contributed by atoms with Crippen LogP contribution in [0.1, 0.15) is 62.5 Å². The Kier molecular flexibility index (Phi) is 7.15. The molecule has 4 heterocycles. The Morgan fingerprint density at radius 1 is 1.17 bits per heavy atom. The Morgan fingerprint density at radius 3 is 2.50 bits per heavy atom. The first-order valence-corrected chi connectivity index (χ1v) is 15.2. The first kappa shape index (κ1) is 25.6. The van der Waals surface area contributed by atoms with Gasteiger partial charge in [0.15, 0.2) is 5.69 Å². The van der Waals surface area contributed by atoms with E-state index in [2.05, 4.69) is 41.1 Å². The zero-order chi connectivity index (χ0) is 25.6. The van der Waals surface area contributed by atoms with Crippen LogP contribution >= 0.6 is 0 Å². The number of carbonyl (C=O) groups excluding carboxylic acids is 1. The Balaban J connectivity index is 1.17. The van der Waals surface area contributed by atoms with E-state index in [1.54, 1.807) is 4.31 Å². The fourth-order valence-corrected chi connectivity index (χ4v) is 7.37. The van der Waals surface area contributed by atoms with Gasteiger partial charge in [-0.25, -0.2) is 12.7 Å². The molecule has 1 aromatic heterocycles. The van der Waals surface area contributed by atoms with Gasteiger partial charge in [0, 0.05) is 61.8 Å². The average Bonchev–Trinajstić information content (AvgIpc) is 3.52. The van der Waals surface area contributed by atoms with Crippen molar-refractivity contribution < 1.29 is 13.2 Å². The van der Waals surface area contributed by atoms with E-state index in [0.717, 1.165) is 43.3 Å². The lowest BCUT2D eigenvalue weighted by molar-refractivity contribution is 0.0801. The summed E-state index contributed by atoms with van der Waals surface area (Å²) in [5, 5.41) is 8.90. The second-order valence-corrected chi connectivity index (χ2v) is 13.2. The van der Waals surface area contributed by atoms with Crippen molar-refractivity contribution in [1.29, 1.82) is 0 Å². The maximum absolute atomic E-state index is 13.3. The molecule has 3 saturated heterocycles. The van der Waals surface area contributed by atoms with E-state index in [9.17, 15) is 13.2 Å². The Morgan fingerprint density at radius 2 is 1.86 bits per heavy atom. The van der Waals surface area contributed by atoms with Gasteiger partial charge in [-0.05, 0) is 59.1 Å². The molecule has 3 aliphatic rings. The number of likely N-dealkylation sites (N-methyl/N-ethyl adjacent to an activating group) is 1. The number of benzene rings is 1. The summed E-state index contributed by atoms with van der Waals surface area (Å²) >= 11 is 0. The molecular weight excluding hydrogens is 476 g/mol. The van der Waals surface area contributed by atoms with Crippen molar-refractivity contribution in [2.75, 3.05) is 39.5 Å². The number of carbonyl (C=O) groups is 1. The summed E-state index contributed by atoms with van der Waals surface area (Å²) in [7, 11) is -0.991. The summed E-state index contributed by atoms with van der Waals surface area (Å²) in [6, 6.07) is 9.59. The van der Waals surface area contributed by atoms with E-state index >= 15 is 0 Å². The molecule has 9 nitrogen and oxygen atoms in total. The third kappa shape index (κ3) is 5.05. The number of piperidine rings is 1. The van der Waals surface area contributed by atoms with E-state index in [1.807, 2.05) is 28.9 Å². The second kappa shape index (κ2) is 10.0. The van der Waals surface area contributed by atoms with Crippen LogP contribution in [-0.2, 0) is 10.0 Å². The van der Waals surface area contributed by atoms with Gasteiger partial charge in [0.2, 0.25) is 10.0 Å². The Bertz CT molecular complexity index is 1200. The van der Waals surface area contributed by atoms with Crippen LogP contribution in [0.2, 0.25) is 0 Å². The first-order valence-electron chi connectivity index (χ1n) is 13.3. The Labute approximate surface area is 214 Å². The van der Waals surface area contributed by atoms with Crippen LogP contribution in [0.4, 0.5) is 0 Å². The van der Waals surface area contributed by atoms with Gasteiger partial charge in [0.1, 0.15) is 0 Å². The summed E-state index contributed by atoms with van der Waals surface area (Å²) in [5.74, 6) is -0.0696. The summed E-state index contributed by atoms with van der Waals surface area (Å²) in [4.78, 5) is 18.2. The molecular formula is C26H40N6O3S. The number of hydrogen-bond acceptors (Lipinski definition) is 6. The summed E-state index contributed by atoms with van der Waals surface area (Å²) in [5.41, 5.74) is 1.52. The molecule has 0 spiro atoms. The quantitative estimate of drug-likeness (QED) is 0.579. The summed E-state index contributed by atoms with van der Waals surface area (Å²) < 4.78 is 27.3. The monoisotopic (exact) mass is 516 g/mol. The molecule has 0 radical (unpaired) electrons. The number of hydrogen-bond donors (Lipinski definition) is 1. The van der Waals surface area contributed by atoms with Crippen molar-refractivity contribution >= 4 is 26.8 Å². The molecule has 10 heteroatoms. The maximum Gasteiger partial charge on any atom is 0.272 e. The highest BCUT2D eigenvalue weighted by Crippen LogP contribution is 2.36. The lowest BCUT2D eigenvalue weighted by Gasteiger charge is -2.40. The zero-order valence-electron chi connectivity index (χ0n) is 21.9. The van der Waals surface area contributed by atoms with Crippen LogP contribution in [0.3, 0.4) is 0 Å². The van der Waals surface area contributed by atoms with Gasteiger partial charge in [-0.1, -0.05) is 18.2 Å². The van der Waals surface area contributed by atoms with E-state index < -0.39 is 10.0 Å². The van der Waals surface area contributed by atoms with Gasteiger partial charge in [-0.2, -0.15) is 5.10 Å². The van der Waals surface area contributed by atoms with Gasteiger partial charge in [-0.3, -0.25) is 14.4 Å². The molecule has 3 fully saturated rings. The molecule has 2 aromatic rings. The zero-order valence-corrected chi connectivity index (χ0v) is 22.7. The average molecular weight is 517 g/mol. The normalized spacial score (nSPS) is 27.5. The van der Waals surface area contributed by atoms with Gasteiger partial charge >= 0.3 is 0 Å². The largest absolute Gasteiger partial charge is 0.348 e. The van der Waals surface area contributed by atoms with Crippen molar-refractivity contribution in [3.05, 3.63) is 30.0 Å². The smallest absolute Gasteiger partial charge is 0.272 e. The molecule has 1 amide bonds. The fourth-order valence-electron chi connectivity index (χ4n) is 6.49. The van der Waals surface area contributed by atoms with Gasteiger partial charge < -0.3 is 10.2 Å². The molecule has 4 atom stereocenters. The SMILES string of the molecule is CC(C)n1nc(C(=O)NC2C[C@H]3CC[C@@H](C2)N3CCN(C)[C@H]2CCN(S(C)(=O)=O)C2)c2ccccc21. The van der Waals surface area contributed by atoms with Crippen molar-refractivity contribution in [2.24, 2.45) is 0 Å². The van der Waals surface area contributed by atoms with Crippen LogP contribution in [0, 0.1) is 0 Å². The summed E-state index contributed by atoms with van der Waals surface area (Å²) in [6.07, 6.45) is 6.49. The molecule has 0 aliphatic carbocycles. The van der Waals surface area contributed by atoms with Crippen LogP contribution in [-0.4, -0.2) is 102 Å². The minimum Gasteiger partial charge on any atom is -0.348 e. The number of aromatic nitrogens is 2. The van der Waals surface area contributed by atoms with Crippen molar-refractivity contribution in [2.45, 2.75) is 76.2 Å². The van der Waals surface area contributed by atoms with Gasteiger partial charge in [0.05, 0.1) is 11.8 Å². The molecule has 3 aliphatic heterocycles. The second-order valence-electron chi connectivity index (χ2n) is 11.2. The molecule has 5 rings (SSSR count). The number of amides is 1. The third-order valence-corrected chi connectivity index (χ3v) is 9.74. The molecule has 36 heavy (non-hydrogen) atoms. The van der Waals surface area contributed by atoms with Crippen molar-refractivity contribution in [1.82, 2.24) is 29.2 Å². The molecule has 1 N–H and O–H groups in total. The molecule has 2 bridgehead atoms. The van der Waals surface area contributed by atoms with E-state index in [0.29, 0.717) is 30.9 Å². The molecule has 198 valence electrons. The topological polar surface area (TPSA) is 90.8 Å². The number of fused-ring (bicyclic) bond motifs is 3. The lowest BCUT2D eigenvalue weighted by atomic mass is 9.97. The minimum absolute atomic E-state index is 0.0696. The van der Waals surface area contributed by atoms with E-state index in [4.69, 9.17) is 0 Å². The van der Waals surface area contributed by atoms with Crippen LogP contribution in [0.5, 0.6) is 0 Å². The van der Waals surface area contributed by atoms with Gasteiger partial charge in [-0.15, -0.1) is 0 Å². The van der Waals surface area contributed by atoms with Crippen LogP contribution in [0.15, 0.2) is 24.3 Å².